The number of hydrogen-bond acceptors (Lipinski definition) is 3. The van der Waals surface area contributed by atoms with E-state index in [0.717, 1.165) is 11.1 Å². The maximum Gasteiger partial charge on any atom is 0.163 e. The van der Waals surface area contributed by atoms with Crippen molar-refractivity contribution in [3.63, 3.8) is 0 Å². The zero-order valence-electron chi connectivity index (χ0n) is 9.50. The lowest BCUT2D eigenvalue weighted by atomic mass is 10.0. The first-order chi connectivity index (χ1) is 8.13. The second-order valence-corrected chi connectivity index (χ2v) is 4.72. The van der Waals surface area contributed by atoms with E-state index in [4.69, 9.17) is 0 Å². The molecule has 2 aromatic rings. The Kier molecular flexibility index (Phi) is 3.49. The predicted molar refractivity (Wildman–Crippen MR) is 64.1 cm³/mol. The van der Waals surface area contributed by atoms with Gasteiger partial charge in [0.05, 0.1) is 16.7 Å². The molecule has 17 heavy (non-hydrogen) atoms. The molecule has 2 nitrogen and oxygen atoms in total. The maximum absolute atomic E-state index is 13.7. The fourth-order valence-corrected chi connectivity index (χ4v) is 2.36. The van der Waals surface area contributed by atoms with E-state index in [0.29, 0.717) is 5.69 Å². The highest BCUT2D eigenvalue weighted by atomic mass is 32.1. The minimum absolute atomic E-state index is 0.276. The van der Waals surface area contributed by atoms with Crippen molar-refractivity contribution in [1.82, 2.24) is 10.3 Å². The summed E-state index contributed by atoms with van der Waals surface area (Å²) in [5, 5.41) is 5.70. The molecule has 0 aliphatic carbocycles. The van der Waals surface area contributed by atoms with Crippen LogP contribution in [-0.2, 0) is 0 Å². The first-order valence-corrected chi connectivity index (χ1v) is 6.04. The summed E-state index contributed by atoms with van der Waals surface area (Å²) in [4.78, 5) is 4.30. The summed E-state index contributed by atoms with van der Waals surface area (Å²) in [6.45, 7) is 1.88. The number of thiazole rings is 1. The van der Waals surface area contributed by atoms with Crippen molar-refractivity contribution in [2.24, 2.45) is 0 Å². The molecule has 0 fully saturated rings. The second-order valence-electron chi connectivity index (χ2n) is 3.66. The molecule has 0 saturated heterocycles. The lowest BCUT2D eigenvalue weighted by Crippen LogP contribution is -2.19. The summed E-state index contributed by atoms with van der Waals surface area (Å²) in [5.74, 6) is -1.66. The molecule has 0 bridgehead atoms. The van der Waals surface area contributed by atoms with E-state index >= 15 is 0 Å². The molecule has 0 aliphatic rings. The maximum atomic E-state index is 13.7. The molecule has 1 heterocycles. The monoisotopic (exact) mass is 254 g/mol. The van der Waals surface area contributed by atoms with Gasteiger partial charge in [0.15, 0.2) is 11.6 Å². The lowest BCUT2D eigenvalue weighted by molar-refractivity contribution is 0.486. The Labute approximate surface area is 102 Å². The molecule has 1 atom stereocenters. The third-order valence-corrected chi connectivity index (χ3v) is 3.31. The summed E-state index contributed by atoms with van der Waals surface area (Å²) >= 11 is 1.49. The van der Waals surface area contributed by atoms with Crippen LogP contribution in [0.1, 0.15) is 22.3 Å². The van der Waals surface area contributed by atoms with Crippen molar-refractivity contribution in [2.75, 3.05) is 7.05 Å². The summed E-state index contributed by atoms with van der Waals surface area (Å²) in [6.07, 6.45) is 0. The number of benzene rings is 1. The Balaban J connectivity index is 2.45. The van der Waals surface area contributed by atoms with E-state index in [2.05, 4.69) is 10.3 Å². The van der Waals surface area contributed by atoms with Gasteiger partial charge in [-0.15, -0.1) is 11.3 Å². The number of rotatable bonds is 3. The number of aromatic nitrogens is 1. The van der Waals surface area contributed by atoms with Gasteiger partial charge >= 0.3 is 0 Å². The van der Waals surface area contributed by atoms with Gasteiger partial charge in [0.2, 0.25) is 0 Å². The van der Waals surface area contributed by atoms with Crippen LogP contribution in [0.25, 0.3) is 0 Å². The van der Waals surface area contributed by atoms with Crippen LogP contribution in [0.5, 0.6) is 0 Å². The molecule has 1 aromatic carbocycles. The molecule has 1 aromatic heterocycles. The fraction of sp³-hybridized carbons (Fsp3) is 0.250. The largest absolute Gasteiger partial charge is 0.308 e. The smallest absolute Gasteiger partial charge is 0.163 e. The zero-order valence-corrected chi connectivity index (χ0v) is 10.3. The molecule has 0 spiro atoms. The quantitative estimate of drug-likeness (QED) is 0.910. The van der Waals surface area contributed by atoms with Crippen LogP contribution >= 0.6 is 11.3 Å². The molecule has 0 radical (unpaired) electrons. The van der Waals surface area contributed by atoms with E-state index in [9.17, 15) is 8.78 Å². The zero-order chi connectivity index (χ0) is 12.4. The van der Waals surface area contributed by atoms with Crippen molar-refractivity contribution < 1.29 is 8.78 Å². The topological polar surface area (TPSA) is 24.9 Å². The number of aryl methyl sites for hydroxylation is 1. The summed E-state index contributed by atoms with van der Waals surface area (Å²) < 4.78 is 26.9. The Morgan fingerprint density at radius 2 is 2.12 bits per heavy atom. The third kappa shape index (κ3) is 2.35. The van der Waals surface area contributed by atoms with Crippen molar-refractivity contribution in [3.8, 4) is 0 Å². The van der Waals surface area contributed by atoms with Crippen molar-refractivity contribution >= 4 is 11.3 Å². The Bertz CT molecular complexity index is 525. The van der Waals surface area contributed by atoms with Crippen molar-refractivity contribution in [3.05, 3.63) is 51.5 Å². The highest BCUT2D eigenvalue weighted by Gasteiger charge is 2.20. The van der Waals surface area contributed by atoms with E-state index in [-0.39, 0.29) is 5.56 Å². The van der Waals surface area contributed by atoms with Gasteiger partial charge in [0, 0.05) is 10.9 Å². The summed E-state index contributed by atoms with van der Waals surface area (Å²) in [7, 11) is 1.70. The molecule has 2 rings (SSSR count). The van der Waals surface area contributed by atoms with Gasteiger partial charge in [-0.25, -0.2) is 13.8 Å². The number of hydrogen-bond donors (Lipinski definition) is 1. The first-order valence-electron chi connectivity index (χ1n) is 5.16. The molecule has 5 heteroatoms. The standard InChI is InChI=1S/C12H12F2N2S/c1-7-16-10(6-17-7)12(15-2)8-4-3-5-9(13)11(8)14/h3-6,12,15H,1-2H3. The fourth-order valence-electron chi connectivity index (χ4n) is 1.72. The van der Waals surface area contributed by atoms with Crippen LogP contribution in [0.4, 0.5) is 8.78 Å². The Morgan fingerprint density at radius 3 is 2.71 bits per heavy atom. The third-order valence-electron chi connectivity index (χ3n) is 2.51. The number of nitrogens with zero attached hydrogens (tertiary/aromatic N) is 1. The predicted octanol–water partition coefficient (Wildman–Crippen LogP) is 3.04. The second kappa shape index (κ2) is 4.89. The summed E-state index contributed by atoms with van der Waals surface area (Å²) in [6, 6.07) is 3.75. The minimum atomic E-state index is -0.838. The molecule has 0 aliphatic heterocycles. The van der Waals surface area contributed by atoms with E-state index in [1.807, 2.05) is 12.3 Å². The summed E-state index contributed by atoms with van der Waals surface area (Å²) in [5.41, 5.74) is 0.984. The van der Waals surface area contributed by atoms with Crippen molar-refractivity contribution in [2.45, 2.75) is 13.0 Å². The minimum Gasteiger partial charge on any atom is -0.308 e. The van der Waals surface area contributed by atoms with Crippen LogP contribution in [0.15, 0.2) is 23.6 Å². The molecular formula is C12H12F2N2S. The van der Waals surface area contributed by atoms with Gasteiger partial charge in [0.25, 0.3) is 0 Å². The van der Waals surface area contributed by atoms with E-state index < -0.39 is 17.7 Å². The normalized spacial score (nSPS) is 12.7. The molecule has 0 amide bonds. The van der Waals surface area contributed by atoms with Gasteiger partial charge in [-0.2, -0.15) is 0 Å². The first kappa shape index (κ1) is 12.1. The molecule has 1 unspecified atom stereocenters. The Hall–Kier alpha value is -1.33. The lowest BCUT2D eigenvalue weighted by Gasteiger charge is -2.15. The van der Waals surface area contributed by atoms with Gasteiger partial charge in [-0.3, -0.25) is 0 Å². The average molecular weight is 254 g/mol. The van der Waals surface area contributed by atoms with Gasteiger partial charge in [-0.05, 0) is 20.0 Å². The Morgan fingerprint density at radius 1 is 1.35 bits per heavy atom. The number of nitrogens with one attached hydrogen (secondary N) is 1. The van der Waals surface area contributed by atoms with Crippen LogP contribution in [0.3, 0.4) is 0 Å². The molecule has 90 valence electrons. The highest BCUT2D eigenvalue weighted by Crippen LogP contribution is 2.26. The SMILES string of the molecule is CNC(c1csc(C)n1)c1cccc(F)c1F. The van der Waals surface area contributed by atoms with Gasteiger partial charge in [0.1, 0.15) is 0 Å². The molecule has 0 saturated carbocycles. The molecule has 1 N–H and O–H groups in total. The van der Waals surface area contributed by atoms with Crippen LogP contribution in [0.2, 0.25) is 0 Å². The van der Waals surface area contributed by atoms with Gasteiger partial charge < -0.3 is 5.32 Å². The van der Waals surface area contributed by atoms with Crippen LogP contribution in [-0.4, -0.2) is 12.0 Å². The van der Waals surface area contributed by atoms with E-state index in [1.54, 1.807) is 13.1 Å². The van der Waals surface area contributed by atoms with Crippen LogP contribution in [0, 0.1) is 18.6 Å². The van der Waals surface area contributed by atoms with E-state index in [1.165, 1.54) is 17.4 Å². The van der Waals surface area contributed by atoms with Gasteiger partial charge in [-0.1, -0.05) is 12.1 Å². The average Bonchev–Trinajstić information content (AvgIpc) is 2.72. The number of halogens is 2. The van der Waals surface area contributed by atoms with Crippen LogP contribution < -0.4 is 5.32 Å². The molecular weight excluding hydrogens is 242 g/mol. The highest BCUT2D eigenvalue weighted by molar-refractivity contribution is 7.09. The van der Waals surface area contributed by atoms with Crippen molar-refractivity contribution in [1.29, 1.82) is 0 Å².